The van der Waals surface area contributed by atoms with Gasteiger partial charge in [0, 0.05) is 69.4 Å². The van der Waals surface area contributed by atoms with Gasteiger partial charge in [-0.25, -0.2) is 4.21 Å². The predicted octanol–water partition coefficient (Wildman–Crippen LogP) is 8.20. The van der Waals surface area contributed by atoms with E-state index < -0.39 is 11.0 Å². The largest absolute Gasteiger partial charge is 0.491 e. The molecule has 2 aromatic rings. The minimum Gasteiger partial charge on any atom is -0.491 e. The van der Waals surface area contributed by atoms with E-state index in [0.29, 0.717) is 24.0 Å². The lowest BCUT2D eigenvalue weighted by Gasteiger charge is -2.41. The quantitative estimate of drug-likeness (QED) is 0.319. The van der Waals surface area contributed by atoms with E-state index in [9.17, 15) is 9.00 Å². The molecule has 52 heavy (non-hydrogen) atoms. The van der Waals surface area contributed by atoms with E-state index >= 15 is 0 Å². The molecule has 0 radical (unpaired) electrons. The lowest BCUT2D eigenvalue weighted by atomic mass is 9.70. The topological polar surface area (TPSA) is 74.3 Å². The van der Waals surface area contributed by atoms with Crippen molar-refractivity contribution in [2.45, 2.75) is 97.2 Å². The second-order valence-electron chi connectivity index (χ2n) is 15.1. The SMILES string of the molecule is CC.CCCc1cc(Cl)ccc1C1COc2ccc3cc2N(C1)CC1CCC1CCCCC(C)C(C)S(=O)NC3=O.COCCN1CCN(C)CC1. The van der Waals surface area contributed by atoms with Crippen molar-refractivity contribution in [2.24, 2.45) is 17.8 Å². The zero-order valence-electron chi connectivity index (χ0n) is 33.1. The second-order valence-corrected chi connectivity index (χ2v) is 17.1. The second kappa shape index (κ2) is 21.7. The minimum atomic E-state index is -1.43. The summed E-state index contributed by atoms with van der Waals surface area (Å²) in [4.78, 5) is 20.5. The number of likely N-dealkylation sites (N-methyl/N-ethyl adjacent to an activating group) is 1. The summed E-state index contributed by atoms with van der Waals surface area (Å²) in [6, 6.07) is 12.0. The first-order valence-electron chi connectivity index (χ1n) is 20.1. The third-order valence-corrected chi connectivity index (χ3v) is 13.3. The number of methoxy groups -OCH3 is 1. The number of benzene rings is 2. The predicted molar refractivity (Wildman–Crippen MR) is 218 cm³/mol. The fourth-order valence-electron chi connectivity index (χ4n) is 7.85. The van der Waals surface area contributed by atoms with Crippen LogP contribution in [0.25, 0.3) is 0 Å². The maximum atomic E-state index is 13.2. The fourth-order valence-corrected chi connectivity index (χ4v) is 9.09. The highest BCUT2D eigenvalue weighted by Gasteiger charge is 2.35. The molecule has 3 heterocycles. The first-order chi connectivity index (χ1) is 25.2. The van der Waals surface area contributed by atoms with Crippen LogP contribution >= 0.6 is 11.6 Å². The highest BCUT2D eigenvalue weighted by atomic mass is 35.5. The van der Waals surface area contributed by atoms with E-state index in [-0.39, 0.29) is 17.1 Å². The number of hydrogen-bond acceptors (Lipinski definition) is 7. The third-order valence-electron chi connectivity index (χ3n) is 11.6. The van der Waals surface area contributed by atoms with Crippen LogP contribution in [0.4, 0.5) is 5.69 Å². The van der Waals surface area contributed by atoms with Gasteiger partial charge < -0.3 is 19.3 Å². The van der Waals surface area contributed by atoms with Crippen LogP contribution in [0.3, 0.4) is 0 Å². The first kappa shape index (κ1) is 42.6. The van der Waals surface area contributed by atoms with Gasteiger partial charge >= 0.3 is 0 Å². The van der Waals surface area contributed by atoms with Crippen LogP contribution in [0.1, 0.15) is 107 Å². The Labute approximate surface area is 322 Å². The van der Waals surface area contributed by atoms with Crippen LogP contribution in [0.2, 0.25) is 5.02 Å². The van der Waals surface area contributed by atoms with Crippen molar-refractivity contribution < 1.29 is 18.5 Å². The average molecular weight is 760 g/mol. The standard InChI is InChI=1S/C32H43ClN2O3S.C8H18N2O.C2H6/c1-4-7-24-16-28(33)13-14-29(24)27-19-35-18-26-11-10-23(26)9-6-5-8-21(2)22(3)39(37)34-32(36)25-12-15-31(38-20-27)30(35)17-25;1-9-3-5-10(6-4-9)7-8-11-2;1-2/h12-17,21-23,26-27H,4-11,18-20H2,1-3H3,(H,34,36);3-8H2,1-2H3;1-2H3. The highest BCUT2D eigenvalue weighted by molar-refractivity contribution is 7.84. The maximum absolute atomic E-state index is 13.2. The van der Waals surface area contributed by atoms with E-state index in [0.717, 1.165) is 74.3 Å². The molecule has 1 N–H and O–H groups in total. The summed E-state index contributed by atoms with van der Waals surface area (Å²) in [5.41, 5.74) is 4.11. The summed E-state index contributed by atoms with van der Waals surface area (Å²) in [5.74, 6) is 2.45. The van der Waals surface area contributed by atoms with Gasteiger partial charge in [-0.15, -0.1) is 0 Å². The van der Waals surface area contributed by atoms with Gasteiger partial charge in [-0.2, -0.15) is 0 Å². The third kappa shape index (κ3) is 11.9. The number of hydrogen-bond donors (Lipinski definition) is 1. The summed E-state index contributed by atoms with van der Waals surface area (Å²) in [5, 5.41) is 0.690. The molecule has 2 aromatic carbocycles. The van der Waals surface area contributed by atoms with Gasteiger partial charge in [0.05, 0.1) is 24.2 Å². The number of carbonyl (C=O) groups is 1. The molecule has 1 aliphatic carbocycles. The Morgan fingerprint density at radius 3 is 2.38 bits per heavy atom. The van der Waals surface area contributed by atoms with Crippen LogP contribution < -0.4 is 14.4 Å². The summed E-state index contributed by atoms with van der Waals surface area (Å²) >= 11 is 6.39. The van der Waals surface area contributed by atoms with Gasteiger partial charge in [-0.1, -0.05) is 71.0 Å². The van der Waals surface area contributed by atoms with E-state index in [1.165, 1.54) is 63.0 Å². The Bertz CT molecular complexity index is 1420. The van der Waals surface area contributed by atoms with E-state index in [2.05, 4.69) is 52.4 Å². The highest BCUT2D eigenvalue weighted by Crippen LogP contribution is 2.43. The molecule has 0 aromatic heterocycles. The molecule has 6 rings (SSSR count). The van der Waals surface area contributed by atoms with Crippen molar-refractivity contribution in [1.82, 2.24) is 14.5 Å². The molecule has 6 atom stereocenters. The summed E-state index contributed by atoms with van der Waals surface area (Å²) in [6.07, 6.45) is 9.30. The number of ether oxygens (including phenoxy) is 2. The molecular weight excluding hydrogens is 692 g/mol. The van der Waals surface area contributed by atoms with E-state index in [1.54, 1.807) is 13.2 Å². The number of piperazine rings is 1. The number of fused-ring (bicyclic) bond motifs is 2. The molecule has 3 aliphatic heterocycles. The molecule has 6 unspecified atom stereocenters. The zero-order valence-corrected chi connectivity index (χ0v) is 34.7. The molecule has 1 amide bonds. The van der Waals surface area contributed by atoms with Crippen LogP contribution in [-0.4, -0.2) is 98.4 Å². The van der Waals surface area contributed by atoms with Crippen LogP contribution in [0, 0.1) is 17.8 Å². The molecule has 8 nitrogen and oxygen atoms in total. The molecule has 292 valence electrons. The molecule has 4 aliphatic rings. The molecule has 1 saturated heterocycles. The molecule has 10 heteroatoms. The van der Waals surface area contributed by atoms with Crippen molar-refractivity contribution in [3.8, 4) is 5.75 Å². The van der Waals surface area contributed by atoms with Gasteiger partial charge in [0.1, 0.15) is 16.7 Å². The zero-order chi connectivity index (χ0) is 37.6. The molecule has 2 bridgehead atoms. The van der Waals surface area contributed by atoms with Gasteiger partial charge in [0.15, 0.2) is 0 Å². The number of carbonyl (C=O) groups excluding carboxylic acids is 1. The van der Waals surface area contributed by atoms with E-state index in [1.807, 2.05) is 39.0 Å². The van der Waals surface area contributed by atoms with Crippen molar-refractivity contribution in [1.29, 1.82) is 0 Å². The summed E-state index contributed by atoms with van der Waals surface area (Å²) in [6.45, 7) is 19.5. The summed E-state index contributed by atoms with van der Waals surface area (Å²) in [7, 11) is 2.51. The number of anilines is 1. The molecule has 2 fully saturated rings. The monoisotopic (exact) mass is 758 g/mol. The number of nitrogens with one attached hydrogen (secondary N) is 1. The van der Waals surface area contributed by atoms with Gasteiger partial charge in [0.25, 0.3) is 5.91 Å². The smallest absolute Gasteiger partial charge is 0.263 e. The van der Waals surface area contributed by atoms with Gasteiger partial charge in [-0.3, -0.25) is 14.4 Å². The van der Waals surface area contributed by atoms with Crippen LogP contribution in [-0.2, 0) is 22.1 Å². The van der Waals surface area contributed by atoms with E-state index in [4.69, 9.17) is 21.1 Å². The van der Waals surface area contributed by atoms with Crippen LogP contribution in [0.15, 0.2) is 36.4 Å². The van der Waals surface area contributed by atoms with Crippen molar-refractivity contribution >= 4 is 34.2 Å². The molecule has 0 spiro atoms. The van der Waals surface area contributed by atoms with Crippen LogP contribution in [0.5, 0.6) is 5.75 Å². The normalized spacial score (nSPS) is 27.2. The Morgan fingerprint density at radius 1 is 0.962 bits per heavy atom. The fraction of sp³-hybridized carbons (Fsp3) is 0.690. The molecule has 1 saturated carbocycles. The number of halogens is 1. The average Bonchev–Trinajstić information content (AvgIpc) is 3.32. The number of amides is 1. The number of rotatable bonds is 6. The lowest BCUT2D eigenvalue weighted by molar-refractivity contribution is 0.0982. The lowest BCUT2D eigenvalue weighted by Crippen LogP contribution is -2.45. The summed E-state index contributed by atoms with van der Waals surface area (Å²) < 4.78 is 27.3. The van der Waals surface area contributed by atoms with Crippen molar-refractivity contribution in [2.75, 3.05) is 78.1 Å². The molecular formula is C42H67ClN4O4S. The Balaban J connectivity index is 0.000000396. The van der Waals surface area contributed by atoms with Crippen molar-refractivity contribution in [3.63, 3.8) is 0 Å². The first-order valence-corrected chi connectivity index (χ1v) is 21.7. The number of nitrogens with zero attached hydrogens (tertiary/aromatic N) is 3. The van der Waals surface area contributed by atoms with Crippen molar-refractivity contribution in [3.05, 3.63) is 58.1 Å². The Morgan fingerprint density at radius 2 is 1.69 bits per heavy atom. The number of aryl methyl sites for hydroxylation is 1. The van der Waals surface area contributed by atoms with Gasteiger partial charge in [0.2, 0.25) is 0 Å². The Hall–Kier alpha value is -2.17. The minimum absolute atomic E-state index is 0.0867. The van der Waals surface area contributed by atoms with Gasteiger partial charge in [-0.05, 0) is 98.9 Å². The maximum Gasteiger partial charge on any atom is 0.263 e. The Kier molecular flexibility index (Phi) is 17.7.